The molecule has 0 bridgehead atoms. The summed E-state index contributed by atoms with van der Waals surface area (Å²) in [5, 5.41) is 12.0. The predicted molar refractivity (Wildman–Crippen MR) is 69.2 cm³/mol. The minimum Gasteiger partial charge on any atom is -0.478 e. The average Bonchev–Trinajstić information content (AvgIpc) is 2.49. The highest BCUT2D eigenvalue weighted by Crippen LogP contribution is 2.34. The third-order valence-electron chi connectivity index (χ3n) is 1.87. The molecule has 0 saturated heterocycles. The van der Waals surface area contributed by atoms with Crippen LogP contribution in [0.4, 0.5) is 0 Å². The maximum absolute atomic E-state index is 10.9. The molecule has 2 rings (SSSR count). The molecule has 1 heterocycles. The van der Waals surface area contributed by atoms with Crippen molar-refractivity contribution in [3.63, 3.8) is 0 Å². The Balaban J connectivity index is 2.82. The number of fused-ring (bicyclic) bond motifs is 1. The van der Waals surface area contributed by atoms with E-state index in [0.29, 0.717) is 5.56 Å². The minimum atomic E-state index is -0.874. The number of benzene rings is 1. The topological polar surface area (TPSA) is 37.3 Å². The Morgan fingerprint density at radius 3 is 2.86 bits per heavy atom. The fraction of sp³-hybridized carbons (Fsp3) is 0. The summed E-state index contributed by atoms with van der Waals surface area (Å²) in [6, 6.07) is 3.48. The molecule has 2 nitrogen and oxygen atoms in total. The van der Waals surface area contributed by atoms with Crippen LogP contribution in [0.25, 0.3) is 10.1 Å². The van der Waals surface area contributed by atoms with Crippen molar-refractivity contribution < 1.29 is 9.90 Å². The van der Waals surface area contributed by atoms with Crippen molar-refractivity contribution in [3.8, 4) is 0 Å². The summed E-state index contributed by atoms with van der Waals surface area (Å²) in [5.74, 6) is -0.874. The van der Waals surface area contributed by atoms with Gasteiger partial charge in [0.1, 0.15) is 0 Å². The largest absolute Gasteiger partial charge is 0.478 e. The number of halogens is 2. The van der Waals surface area contributed by atoms with Gasteiger partial charge in [0.2, 0.25) is 0 Å². The normalized spacial score (nSPS) is 10.7. The Labute approximate surface area is 106 Å². The molecule has 72 valence electrons. The summed E-state index contributed by atoms with van der Waals surface area (Å²) in [5.41, 5.74) is 0.368. The molecular formula is C9H4BrIO2S. The van der Waals surface area contributed by atoms with Gasteiger partial charge < -0.3 is 5.11 Å². The molecule has 0 radical (unpaired) electrons. The Hall–Kier alpha value is -0.140. The molecule has 0 fully saturated rings. The van der Waals surface area contributed by atoms with E-state index in [1.165, 1.54) is 0 Å². The van der Waals surface area contributed by atoms with Gasteiger partial charge in [-0.25, -0.2) is 4.79 Å². The van der Waals surface area contributed by atoms with Gasteiger partial charge in [0.15, 0.2) is 0 Å². The van der Waals surface area contributed by atoms with E-state index < -0.39 is 5.97 Å². The van der Waals surface area contributed by atoms with E-state index in [9.17, 15) is 4.79 Å². The van der Waals surface area contributed by atoms with Gasteiger partial charge >= 0.3 is 5.97 Å². The lowest BCUT2D eigenvalue weighted by Crippen LogP contribution is -1.98. The van der Waals surface area contributed by atoms with Gasteiger partial charge in [-0.05, 0) is 44.6 Å². The van der Waals surface area contributed by atoms with E-state index in [-0.39, 0.29) is 0 Å². The molecule has 0 unspecified atom stereocenters. The molecule has 0 saturated carbocycles. The van der Waals surface area contributed by atoms with E-state index in [1.807, 2.05) is 11.4 Å². The maximum atomic E-state index is 10.9. The monoisotopic (exact) mass is 382 g/mol. The second-order valence-corrected chi connectivity index (χ2v) is 5.51. The minimum absolute atomic E-state index is 0.368. The number of hydrogen-bond donors (Lipinski definition) is 1. The smallest absolute Gasteiger partial charge is 0.336 e. The number of carbonyl (C=O) groups is 1. The van der Waals surface area contributed by atoms with Crippen LogP contribution in [-0.2, 0) is 0 Å². The van der Waals surface area contributed by atoms with Crippen LogP contribution in [0.3, 0.4) is 0 Å². The lowest BCUT2D eigenvalue weighted by molar-refractivity contribution is 0.0696. The summed E-state index contributed by atoms with van der Waals surface area (Å²) in [6.07, 6.45) is 0. The average molecular weight is 383 g/mol. The lowest BCUT2D eigenvalue weighted by Gasteiger charge is -1.99. The van der Waals surface area contributed by atoms with Crippen LogP contribution < -0.4 is 0 Å². The highest BCUT2D eigenvalue weighted by Gasteiger charge is 2.13. The molecule has 0 aliphatic heterocycles. The van der Waals surface area contributed by atoms with Gasteiger partial charge in [-0.15, -0.1) is 11.3 Å². The van der Waals surface area contributed by atoms with Crippen molar-refractivity contribution in [2.75, 3.05) is 0 Å². The number of aromatic carboxylic acids is 1. The Morgan fingerprint density at radius 1 is 1.50 bits per heavy atom. The van der Waals surface area contributed by atoms with Crippen molar-refractivity contribution in [1.82, 2.24) is 0 Å². The van der Waals surface area contributed by atoms with Crippen molar-refractivity contribution in [1.29, 1.82) is 0 Å². The molecule has 0 spiro atoms. The van der Waals surface area contributed by atoms with Gasteiger partial charge in [-0.1, -0.05) is 6.07 Å². The van der Waals surface area contributed by atoms with Crippen LogP contribution in [0.5, 0.6) is 0 Å². The highest BCUT2D eigenvalue weighted by molar-refractivity contribution is 14.1. The SMILES string of the molecule is O=C(O)c1ccc2c(Br)csc2c1I. The quantitative estimate of drug-likeness (QED) is 0.758. The van der Waals surface area contributed by atoms with Crippen molar-refractivity contribution in [2.45, 2.75) is 0 Å². The van der Waals surface area contributed by atoms with Crippen LogP contribution in [0.1, 0.15) is 10.4 Å². The van der Waals surface area contributed by atoms with Gasteiger partial charge in [0.25, 0.3) is 0 Å². The van der Waals surface area contributed by atoms with Crippen LogP contribution in [-0.4, -0.2) is 11.1 Å². The summed E-state index contributed by atoms with van der Waals surface area (Å²) in [6.45, 7) is 0. The number of hydrogen-bond acceptors (Lipinski definition) is 2. The molecule has 1 N–H and O–H groups in total. The molecule has 5 heteroatoms. The third kappa shape index (κ3) is 1.57. The van der Waals surface area contributed by atoms with E-state index in [0.717, 1.165) is 18.1 Å². The zero-order chi connectivity index (χ0) is 10.3. The van der Waals surface area contributed by atoms with Gasteiger partial charge in [-0.2, -0.15) is 0 Å². The fourth-order valence-electron chi connectivity index (χ4n) is 1.20. The maximum Gasteiger partial charge on any atom is 0.336 e. The Kier molecular flexibility index (Phi) is 2.81. The third-order valence-corrected chi connectivity index (χ3v) is 5.32. The first-order valence-corrected chi connectivity index (χ1v) is 6.45. The fourth-order valence-corrected chi connectivity index (χ4v) is 3.89. The lowest BCUT2D eigenvalue weighted by atomic mass is 10.2. The molecule has 0 aliphatic carbocycles. The molecule has 14 heavy (non-hydrogen) atoms. The molecular weight excluding hydrogens is 379 g/mol. The van der Waals surface area contributed by atoms with E-state index in [2.05, 4.69) is 38.5 Å². The molecule has 0 amide bonds. The van der Waals surface area contributed by atoms with Gasteiger partial charge in [-0.3, -0.25) is 0 Å². The zero-order valence-electron chi connectivity index (χ0n) is 6.75. The summed E-state index contributed by atoms with van der Waals surface area (Å²) >= 11 is 7.05. The number of carboxylic acids is 1. The summed E-state index contributed by atoms with van der Waals surface area (Å²) in [7, 11) is 0. The standard InChI is InChI=1S/C9H4BrIO2S/c10-6-3-14-8-4(6)1-2-5(7(8)11)9(12)13/h1-3H,(H,12,13). The Morgan fingerprint density at radius 2 is 2.21 bits per heavy atom. The molecule has 0 atom stereocenters. The molecule has 0 aliphatic rings. The van der Waals surface area contributed by atoms with Gasteiger partial charge in [0.05, 0.1) is 5.56 Å². The van der Waals surface area contributed by atoms with E-state index in [1.54, 1.807) is 17.4 Å². The number of thiophene rings is 1. The van der Waals surface area contributed by atoms with Crippen LogP contribution in [0.2, 0.25) is 0 Å². The predicted octanol–water partition coefficient (Wildman–Crippen LogP) is 3.97. The van der Waals surface area contributed by atoms with E-state index in [4.69, 9.17) is 5.11 Å². The van der Waals surface area contributed by atoms with Gasteiger partial charge in [0, 0.05) is 23.5 Å². The molecule has 1 aromatic carbocycles. The van der Waals surface area contributed by atoms with Crippen molar-refractivity contribution >= 4 is 65.9 Å². The number of carboxylic acid groups (broad SMARTS) is 1. The van der Waals surface area contributed by atoms with Crippen LogP contribution in [0, 0.1) is 3.57 Å². The molecule has 2 aromatic rings. The second-order valence-electron chi connectivity index (χ2n) is 2.69. The van der Waals surface area contributed by atoms with Crippen LogP contribution in [0.15, 0.2) is 22.0 Å². The highest BCUT2D eigenvalue weighted by atomic mass is 127. The van der Waals surface area contributed by atoms with Crippen LogP contribution >= 0.6 is 49.9 Å². The summed E-state index contributed by atoms with van der Waals surface area (Å²) < 4.78 is 2.85. The van der Waals surface area contributed by atoms with Crippen molar-refractivity contribution in [2.24, 2.45) is 0 Å². The second kappa shape index (κ2) is 3.79. The van der Waals surface area contributed by atoms with E-state index >= 15 is 0 Å². The zero-order valence-corrected chi connectivity index (χ0v) is 11.3. The first-order valence-electron chi connectivity index (χ1n) is 3.69. The summed E-state index contributed by atoms with van der Waals surface area (Å²) in [4.78, 5) is 10.9. The first kappa shape index (κ1) is 10.4. The first-order chi connectivity index (χ1) is 6.61. The number of rotatable bonds is 1. The molecule has 1 aromatic heterocycles. The van der Waals surface area contributed by atoms with Crippen molar-refractivity contribution in [3.05, 3.63) is 31.1 Å². The Bertz CT molecular complexity index is 521.